The Morgan fingerprint density at radius 1 is 1.19 bits per heavy atom. The van der Waals surface area contributed by atoms with Crippen LogP contribution in [0.15, 0.2) is 18.2 Å². The van der Waals surface area contributed by atoms with Gasteiger partial charge in [-0.1, -0.05) is 25.4 Å². The molecule has 0 aromatic heterocycles. The molecule has 0 spiro atoms. The van der Waals surface area contributed by atoms with E-state index in [4.69, 9.17) is 11.6 Å². The Morgan fingerprint density at radius 3 is 2.52 bits per heavy atom. The summed E-state index contributed by atoms with van der Waals surface area (Å²) < 4.78 is 25.1. The van der Waals surface area contributed by atoms with E-state index in [0.29, 0.717) is 22.7 Å². The van der Waals surface area contributed by atoms with Crippen LogP contribution in [0.2, 0.25) is 5.02 Å². The summed E-state index contributed by atoms with van der Waals surface area (Å²) in [5.41, 5.74) is 1.32. The third-order valence-electron chi connectivity index (χ3n) is 4.23. The predicted octanol–water partition coefficient (Wildman–Crippen LogP) is 3.95. The van der Waals surface area contributed by atoms with Crippen LogP contribution in [0.3, 0.4) is 0 Å². The number of sulfonamides is 1. The minimum atomic E-state index is -3.28. The van der Waals surface area contributed by atoms with Gasteiger partial charge in [0.15, 0.2) is 0 Å². The second-order valence-electron chi connectivity index (χ2n) is 6.18. The van der Waals surface area contributed by atoms with E-state index in [1.807, 2.05) is 0 Å². The molecule has 1 aliphatic rings. The topological polar surface area (TPSA) is 58.2 Å². The van der Waals surface area contributed by atoms with Crippen molar-refractivity contribution in [2.75, 3.05) is 16.3 Å². The summed E-state index contributed by atoms with van der Waals surface area (Å²) in [6.45, 7) is 4.58. The van der Waals surface area contributed by atoms with Crippen molar-refractivity contribution in [1.29, 1.82) is 0 Å². The summed E-state index contributed by atoms with van der Waals surface area (Å²) in [6, 6.07) is 5.53. The van der Waals surface area contributed by atoms with Crippen molar-refractivity contribution in [3.63, 3.8) is 0 Å². The number of halogens is 1. The van der Waals surface area contributed by atoms with Crippen molar-refractivity contribution in [1.82, 2.24) is 0 Å². The van der Waals surface area contributed by atoms with Gasteiger partial charge in [0.05, 0.1) is 22.7 Å². The van der Waals surface area contributed by atoms with E-state index in [9.17, 15) is 8.42 Å². The molecule has 2 N–H and O–H groups in total. The molecule has 3 unspecified atom stereocenters. The second-order valence-corrected chi connectivity index (χ2v) is 8.33. The van der Waals surface area contributed by atoms with Crippen LogP contribution >= 0.6 is 11.6 Å². The molecular weight excluding hydrogens is 308 g/mol. The molecule has 0 heterocycles. The SMILES string of the molecule is CC1CCC(Nc2cc(NS(C)(=O)=O)ccc2Cl)CC1C. The fourth-order valence-corrected chi connectivity index (χ4v) is 3.54. The fraction of sp³-hybridized carbons (Fsp3) is 0.600. The average Bonchev–Trinajstić information content (AvgIpc) is 2.36. The molecule has 0 radical (unpaired) electrons. The lowest BCUT2D eigenvalue weighted by Gasteiger charge is -2.33. The second kappa shape index (κ2) is 6.44. The molecular formula is C15H23ClN2O2S. The molecule has 4 nitrogen and oxygen atoms in total. The molecule has 0 aliphatic heterocycles. The van der Waals surface area contributed by atoms with Crippen LogP contribution in [0.25, 0.3) is 0 Å². The Kier molecular flexibility index (Phi) is 5.04. The first kappa shape index (κ1) is 16.4. The number of anilines is 2. The first-order valence-corrected chi connectivity index (χ1v) is 9.55. The van der Waals surface area contributed by atoms with E-state index in [-0.39, 0.29) is 0 Å². The van der Waals surface area contributed by atoms with E-state index >= 15 is 0 Å². The number of nitrogens with one attached hydrogen (secondary N) is 2. The molecule has 1 aliphatic carbocycles. The van der Waals surface area contributed by atoms with Gasteiger partial charge in [-0.15, -0.1) is 0 Å². The van der Waals surface area contributed by atoms with Gasteiger partial charge in [0.2, 0.25) is 10.0 Å². The van der Waals surface area contributed by atoms with Crippen molar-refractivity contribution < 1.29 is 8.42 Å². The van der Waals surface area contributed by atoms with Crippen molar-refractivity contribution in [3.05, 3.63) is 23.2 Å². The zero-order valence-electron chi connectivity index (χ0n) is 12.7. The first-order valence-electron chi connectivity index (χ1n) is 7.28. The molecule has 118 valence electrons. The minimum absolute atomic E-state index is 0.391. The lowest BCUT2D eigenvalue weighted by Crippen LogP contribution is -2.30. The summed E-state index contributed by atoms with van der Waals surface area (Å²) in [6.07, 6.45) is 4.57. The van der Waals surface area contributed by atoms with Gasteiger partial charge >= 0.3 is 0 Å². The maximum Gasteiger partial charge on any atom is 0.229 e. The Balaban J connectivity index is 2.10. The number of hydrogen-bond acceptors (Lipinski definition) is 3. The number of rotatable bonds is 4. The highest BCUT2D eigenvalue weighted by Crippen LogP contribution is 2.33. The normalized spacial score (nSPS) is 26.4. The van der Waals surface area contributed by atoms with Crippen molar-refractivity contribution in [3.8, 4) is 0 Å². The van der Waals surface area contributed by atoms with Crippen molar-refractivity contribution in [2.45, 2.75) is 39.2 Å². The van der Waals surface area contributed by atoms with E-state index in [1.165, 1.54) is 6.42 Å². The van der Waals surface area contributed by atoms with Crippen LogP contribution in [0.5, 0.6) is 0 Å². The molecule has 0 bridgehead atoms. The highest BCUT2D eigenvalue weighted by atomic mass is 35.5. The molecule has 1 saturated carbocycles. The standard InChI is InChI=1S/C15H23ClN2O2S/c1-10-4-5-12(8-11(10)2)17-15-9-13(6-7-14(15)16)18-21(3,19)20/h6-7,9-12,17-18H,4-5,8H2,1-3H3. The Labute approximate surface area is 132 Å². The molecule has 0 amide bonds. The zero-order valence-corrected chi connectivity index (χ0v) is 14.3. The smallest absolute Gasteiger partial charge is 0.229 e. The Bertz CT molecular complexity index is 604. The van der Waals surface area contributed by atoms with Gasteiger partial charge in [-0.05, 0) is 49.3 Å². The van der Waals surface area contributed by atoms with E-state index < -0.39 is 10.0 Å². The average molecular weight is 331 g/mol. The summed E-state index contributed by atoms with van der Waals surface area (Å²) in [4.78, 5) is 0. The van der Waals surface area contributed by atoms with Gasteiger partial charge in [-0.25, -0.2) is 8.42 Å². The van der Waals surface area contributed by atoms with Crippen LogP contribution < -0.4 is 10.0 Å². The van der Waals surface area contributed by atoms with Crippen LogP contribution in [0, 0.1) is 11.8 Å². The first-order chi connectivity index (χ1) is 9.74. The molecule has 3 atom stereocenters. The van der Waals surface area contributed by atoms with Crippen LogP contribution in [-0.4, -0.2) is 20.7 Å². The van der Waals surface area contributed by atoms with Gasteiger partial charge in [-0.3, -0.25) is 4.72 Å². The Hall–Kier alpha value is -0.940. The predicted molar refractivity (Wildman–Crippen MR) is 89.5 cm³/mol. The van der Waals surface area contributed by atoms with E-state index in [1.54, 1.807) is 18.2 Å². The largest absolute Gasteiger partial charge is 0.381 e. The molecule has 1 aromatic carbocycles. The van der Waals surface area contributed by atoms with Gasteiger partial charge in [-0.2, -0.15) is 0 Å². The van der Waals surface area contributed by atoms with Gasteiger partial charge < -0.3 is 5.32 Å². The van der Waals surface area contributed by atoms with Crippen molar-refractivity contribution >= 4 is 33.0 Å². The Morgan fingerprint density at radius 2 is 1.90 bits per heavy atom. The summed E-state index contributed by atoms with van der Waals surface area (Å²) in [7, 11) is -3.28. The van der Waals surface area contributed by atoms with Gasteiger partial charge in [0.1, 0.15) is 0 Å². The van der Waals surface area contributed by atoms with Crippen LogP contribution in [0.4, 0.5) is 11.4 Å². The zero-order chi connectivity index (χ0) is 15.6. The molecule has 0 saturated heterocycles. The number of benzene rings is 1. The monoisotopic (exact) mass is 330 g/mol. The van der Waals surface area contributed by atoms with E-state index in [2.05, 4.69) is 23.9 Å². The van der Waals surface area contributed by atoms with Gasteiger partial charge in [0, 0.05) is 6.04 Å². The van der Waals surface area contributed by atoms with Crippen molar-refractivity contribution in [2.24, 2.45) is 11.8 Å². The quantitative estimate of drug-likeness (QED) is 0.878. The molecule has 21 heavy (non-hydrogen) atoms. The maximum atomic E-state index is 11.3. The lowest BCUT2D eigenvalue weighted by atomic mass is 9.79. The third kappa shape index (κ3) is 4.78. The molecule has 2 rings (SSSR count). The molecule has 6 heteroatoms. The van der Waals surface area contributed by atoms with Crippen LogP contribution in [-0.2, 0) is 10.0 Å². The third-order valence-corrected chi connectivity index (χ3v) is 5.16. The van der Waals surface area contributed by atoms with E-state index in [0.717, 1.165) is 30.7 Å². The molecule has 1 fully saturated rings. The minimum Gasteiger partial charge on any atom is -0.381 e. The molecule has 1 aromatic rings. The van der Waals surface area contributed by atoms with Crippen LogP contribution in [0.1, 0.15) is 33.1 Å². The number of hydrogen-bond donors (Lipinski definition) is 2. The lowest BCUT2D eigenvalue weighted by molar-refractivity contribution is 0.261. The summed E-state index contributed by atoms with van der Waals surface area (Å²) in [5, 5.41) is 4.07. The highest BCUT2D eigenvalue weighted by molar-refractivity contribution is 7.92. The maximum absolute atomic E-state index is 11.3. The summed E-state index contributed by atoms with van der Waals surface area (Å²) in [5.74, 6) is 1.45. The summed E-state index contributed by atoms with van der Waals surface area (Å²) >= 11 is 6.21. The fourth-order valence-electron chi connectivity index (χ4n) is 2.81. The highest BCUT2D eigenvalue weighted by Gasteiger charge is 2.24. The van der Waals surface area contributed by atoms with Gasteiger partial charge in [0.25, 0.3) is 0 Å².